The fourth-order valence-corrected chi connectivity index (χ4v) is 3.11. The predicted octanol–water partition coefficient (Wildman–Crippen LogP) is 4.42. The summed E-state index contributed by atoms with van der Waals surface area (Å²) < 4.78 is 10.8. The number of para-hydroxylation sites is 2. The topological polar surface area (TPSA) is 76.7 Å². The van der Waals surface area contributed by atoms with Crippen LogP contribution in [0.15, 0.2) is 66.0 Å². The number of nitrogens with one attached hydrogen (secondary N) is 2. The second kappa shape index (κ2) is 9.57. The van der Waals surface area contributed by atoms with Crippen LogP contribution in [0, 0.1) is 0 Å². The monoisotopic (exact) mass is 396 g/mol. The zero-order valence-electron chi connectivity index (χ0n) is 15.3. The number of hydrogen-bond acceptors (Lipinski definition) is 5. The summed E-state index contributed by atoms with van der Waals surface area (Å²) in [5, 5.41) is 7.47. The van der Waals surface area contributed by atoms with Gasteiger partial charge in [-0.1, -0.05) is 24.3 Å². The Bertz CT molecular complexity index is 941. The van der Waals surface area contributed by atoms with Gasteiger partial charge in [0.25, 0.3) is 5.91 Å². The molecule has 0 atom stereocenters. The van der Waals surface area contributed by atoms with E-state index >= 15 is 0 Å². The van der Waals surface area contributed by atoms with Crippen LogP contribution >= 0.6 is 11.3 Å². The summed E-state index contributed by atoms with van der Waals surface area (Å²) in [5.74, 6) is 0.855. The molecule has 1 heterocycles. The predicted molar refractivity (Wildman–Crippen MR) is 110 cm³/mol. The molecule has 2 N–H and O–H groups in total. The summed E-state index contributed by atoms with van der Waals surface area (Å²) in [6.07, 6.45) is 0.184. The van der Waals surface area contributed by atoms with Crippen LogP contribution in [0.4, 0.5) is 11.4 Å². The van der Waals surface area contributed by atoms with E-state index in [2.05, 4.69) is 10.6 Å². The molecule has 144 valence electrons. The third-order valence-electron chi connectivity index (χ3n) is 3.80. The van der Waals surface area contributed by atoms with Crippen molar-refractivity contribution in [2.75, 3.05) is 24.4 Å². The molecular formula is C21H20N2O4S. The van der Waals surface area contributed by atoms with Crippen molar-refractivity contribution in [3.05, 3.63) is 70.9 Å². The Labute approximate surface area is 167 Å². The fourth-order valence-electron chi connectivity index (χ4n) is 2.49. The summed E-state index contributed by atoms with van der Waals surface area (Å²) in [5.41, 5.74) is 1.22. The highest BCUT2D eigenvalue weighted by Gasteiger charge is 2.09. The molecule has 0 spiro atoms. The number of carbonyl (C=O) groups is 2. The Morgan fingerprint density at radius 1 is 0.929 bits per heavy atom. The average Bonchev–Trinajstić information content (AvgIpc) is 3.23. The molecule has 0 saturated carbocycles. The van der Waals surface area contributed by atoms with Gasteiger partial charge >= 0.3 is 0 Å². The van der Waals surface area contributed by atoms with Gasteiger partial charge in [0.1, 0.15) is 0 Å². The van der Waals surface area contributed by atoms with E-state index in [1.54, 1.807) is 49.6 Å². The van der Waals surface area contributed by atoms with E-state index in [0.29, 0.717) is 27.8 Å². The van der Waals surface area contributed by atoms with Crippen LogP contribution in [0.2, 0.25) is 0 Å². The molecule has 0 aliphatic rings. The van der Waals surface area contributed by atoms with Gasteiger partial charge < -0.3 is 20.1 Å². The molecule has 1 aromatic heterocycles. The maximum Gasteiger partial charge on any atom is 0.265 e. The second-order valence-electron chi connectivity index (χ2n) is 5.81. The lowest BCUT2D eigenvalue weighted by molar-refractivity contribution is -0.116. The summed E-state index contributed by atoms with van der Waals surface area (Å²) >= 11 is 1.37. The summed E-state index contributed by atoms with van der Waals surface area (Å²) in [7, 11) is 1.57. The van der Waals surface area contributed by atoms with Crippen molar-refractivity contribution in [3.8, 4) is 11.5 Å². The molecule has 0 unspecified atom stereocenters. The molecule has 0 bridgehead atoms. The van der Waals surface area contributed by atoms with Crippen molar-refractivity contribution in [3.63, 3.8) is 0 Å². The quantitative estimate of drug-likeness (QED) is 0.591. The Balaban J connectivity index is 1.50. The minimum absolute atomic E-state index is 0.177. The smallest absolute Gasteiger partial charge is 0.265 e. The maximum atomic E-state index is 12.2. The number of ether oxygens (including phenoxy) is 2. The first-order valence-electron chi connectivity index (χ1n) is 8.66. The molecule has 6 nitrogen and oxygen atoms in total. The largest absolute Gasteiger partial charge is 0.493 e. The Kier molecular flexibility index (Phi) is 6.64. The lowest BCUT2D eigenvalue weighted by Crippen LogP contribution is -2.16. The normalized spacial score (nSPS) is 10.2. The van der Waals surface area contributed by atoms with E-state index in [0.717, 1.165) is 0 Å². The van der Waals surface area contributed by atoms with Gasteiger partial charge in [-0.15, -0.1) is 11.3 Å². The zero-order valence-corrected chi connectivity index (χ0v) is 16.1. The van der Waals surface area contributed by atoms with Gasteiger partial charge in [-0.05, 0) is 41.8 Å². The summed E-state index contributed by atoms with van der Waals surface area (Å²) in [6.45, 7) is 0.223. The molecule has 2 amide bonds. The third kappa shape index (κ3) is 5.34. The van der Waals surface area contributed by atoms with Gasteiger partial charge in [0, 0.05) is 11.4 Å². The van der Waals surface area contributed by atoms with E-state index in [1.807, 2.05) is 23.6 Å². The van der Waals surface area contributed by atoms with E-state index < -0.39 is 0 Å². The van der Waals surface area contributed by atoms with Crippen molar-refractivity contribution in [1.82, 2.24) is 0 Å². The molecule has 0 saturated heterocycles. The lowest BCUT2D eigenvalue weighted by Gasteiger charge is -2.11. The summed E-state index contributed by atoms with van der Waals surface area (Å²) in [6, 6.07) is 17.9. The minimum Gasteiger partial charge on any atom is -0.493 e. The van der Waals surface area contributed by atoms with Crippen LogP contribution in [-0.2, 0) is 4.79 Å². The van der Waals surface area contributed by atoms with Crippen LogP contribution in [0.1, 0.15) is 16.1 Å². The summed E-state index contributed by atoms with van der Waals surface area (Å²) in [4.78, 5) is 24.9. The van der Waals surface area contributed by atoms with Gasteiger partial charge in [0.15, 0.2) is 11.5 Å². The van der Waals surface area contributed by atoms with Gasteiger partial charge in [0.05, 0.1) is 25.0 Å². The molecule has 0 fully saturated rings. The van der Waals surface area contributed by atoms with Gasteiger partial charge in [-0.3, -0.25) is 9.59 Å². The Morgan fingerprint density at radius 3 is 2.39 bits per heavy atom. The first-order chi connectivity index (χ1) is 13.7. The lowest BCUT2D eigenvalue weighted by atomic mass is 10.2. The van der Waals surface area contributed by atoms with Crippen LogP contribution < -0.4 is 20.1 Å². The third-order valence-corrected chi connectivity index (χ3v) is 4.67. The van der Waals surface area contributed by atoms with Crippen molar-refractivity contribution in [2.24, 2.45) is 0 Å². The van der Waals surface area contributed by atoms with Crippen LogP contribution in [0.25, 0.3) is 0 Å². The molecular weight excluding hydrogens is 376 g/mol. The number of rotatable bonds is 8. The van der Waals surface area contributed by atoms with Crippen molar-refractivity contribution >= 4 is 34.5 Å². The molecule has 3 rings (SSSR count). The van der Waals surface area contributed by atoms with Gasteiger partial charge in [-0.2, -0.15) is 0 Å². The van der Waals surface area contributed by atoms with Gasteiger partial charge in [-0.25, -0.2) is 0 Å². The SMILES string of the molecule is COc1ccccc1OCCC(=O)Nc1cccc(NC(=O)c2cccs2)c1. The number of hydrogen-bond donors (Lipinski definition) is 2. The number of benzene rings is 2. The number of methoxy groups -OCH3 is 1. The van der Waals surface area contributed by atoms with Crippen molar-refractivity contribution in [1.29, 1.82) is 0 Å². The highest BCUT2D eigenvalue weighted by atomic mass is 32.1. The van der Waals surface area contributed by atoms with Crippen LogP contribution in [0.3, 0.4) is 0 Å². The molecule has 0 aliphatic heterocycles. The molecule has 0 aliphatic carbocycles. The molecule has 7 heteroatoms. The van der Waals surface area contributed by atoms with E-state index in [-0.39, 0.29) is 24.8 Å². The van der Waals surface area contributed by atoms with Crippen molar-refractivity contribution in [2.45, 2.75) is 6.42 Å². The molecule has 28 heavy (non-hydrogen) atoms. The van der Waals surface area contributed by atoms with Crippen LogP contribution in [0.5, 0.6) is 11.5 Å². The molecule has 3 aromatic rings. The number of amides is 2. The fraction of sp³-hybridized carbons (Fsp3) is 0.143. The van der Waals surface area contributed by atoms with Crippen molar-refractivity contribution < 1.29 is 19.1 Å². The zero-order chi connectivity index (χ0) is 19.8. The molecule has 0 radical (unpaired) electrons. The van der Waals surface area contributed by atoms with Gasteiger partial charge in [0.2, 0.25) is 5.91 Å². The first-order valence-corrected chi connectivity index (χ1v) is 9.54. The first kappa shape index (κ1) is 19.4. The number of carbonyl (C=O) groups excluding carboxylic acids is 2. The van der Waals surface area contributed by atoms with E-state index in [4.69, 9.17) is 9.47 Å². The maximum absolute atomic E-state index is 12.2. The Hall–Kier alpha value is -3.32. The number of anilines is 2. The standard InChI is InChI=1S/C21H20N2O4S/c1-26-17-8-2-3-9-18(17)27-12-11-20(24)22-15-6-4-7-16(14-15)23-21(25)19-10-5-13-28-19/h2-10,13-14H,11-12H2,1H3,(H,22,24)(H,23,25). The van der Waals surface area contributed by atoms with E-state index in [9.17, 15) is 9.59 Å². The average molecular weight is 396 g/mol. The van der Waals surface area contributed by atoms with E-state index in [1.165, 1.54) is 11.3 Å². The minimum atomic E-state index is -0.184. The Morgan fingerprint density at radius 2 is 1.68 bits per heavy atom. The number of thiophene rings is 1. The highest BCUT2D eigenvalue weighted by Crippen LogP contribution is 2.25. The highest BCUT2D eigenvalue weighted by molar-refractivity contribution is 7.12. The second-order valence-corrected chi connectivity index (χ2v) is 6.76. The van der Waals surface area contributed by atoms with Crippen LogP contribution in [-0.4, -0.2) is 25.5 Å². The molecule has 2 aromatic carbocycles.